The van der Waals surface area contributed by atoms with Gasteiger partial charge in [0, 0.05) is 0 Å². The van der Waals surface area contributed by atoms with Gasteiger partial charge < -0.3 is 9.59 Å². The zero-order valence-electron chi connectivity index (χ0n) is 17.0. The molecule has 27 heavy (non-hydrogen) atoms. The Morgan fingerprint density at radius 1 is 0.741 bits per heavy atom. The molecule has 2 rings (SSSR count). The summed E-state index contributed by atoms with van der Waals surface area (Å²) in [6, 6.07) is 18.4. The molecule has 6 heteroatoms. The van der Waals surface area contributed by atoms with Gasteiger partial charge in [0.05, 0.1) is 6.26 Å². The van der Waals surface area contributed by atoms with E-state index in [0.29, 0.717) is 6.26 Å². The number of hydrogen-bond donors (Lipinski definition) is 0. The summed E-state index contributed by atoms with van der Waals surface area (Å²) in [5.41, 5.74) is 3.31. The van der Waals surface area contributed by atoms with Crippen LogP contribution in [-0.4, -0.2) is 14.7 Å². The summed E-state index contributed by atoms with van der Waals surface area (Å²) in [7, 11) is -3.72. The molecular weight excluding hydrogens is 475 g/mol. The first kappa shape index (κ1) is 24.1. The highest BCUT2D eigenvalue weighted by atomic mass is 127. The quantitative estimate of drug-likeness (QED) is 0.350. The topological polar surface area (TPSA) is 66.4 Å². The maximum Gasteiger partial charge on any atom is 0.357 e. The van der Waals surface area contributed by atoms with Gasteiger partial charge in [-0.05, 0) is 46.2 Å². The van der Waals surface area contributed by atoms with E-state index in [1.54, 1.807) is 0 Å². The van der Waals surface area contributed by atoms with E-state index >= 15 is 0 Å². The molecule has 0 unspecified atom stereocenters. The Hall–Kier alpha value is -0.960. The molecule has 0 saturated carbocycles. The second-order valence-electron chi connectivity index (χ2n) is 8.38. The average Bonchev–Trinajstić information content (AvgIpc) is 2.54. The summed E-state index contributed by atoms with van der Waals surface area (Å²) >= 11 is -0.0703. The van der Waals surface area contributed by atoms with Gasteiger partial charge in [0.25, 0.3) is 10.1 Å². The summed E-state index contributed by atoms with van der Waals surface area (Å²) in [5.74, 6) is 0. The van der Waals surface area contributed by atoms with Crippen LogP contribution in [-0.2, 0) is 25.3 Å². The van der Waals surface area contributed by atoms with Crippen LogP contribution in [0.1, 0.15) is 52.7 Å². The van der Waals surface area contributed by atoms with Crippen molar-refractivity contribution in [2.45, 2.75) is 52.4 Å². The molecule has 0 atom stereocenters. The van der Waals surface area contributed by atoms with Crippen molar-refractivity contribution in [3.63, 3.8) is 0 Å². The molecule has 4 nitrogen and oxygen atoms in total. The van der Waals surface area contributed by atoms with Crippen molar-refractivity contribution in [3.8, 4) is 0 Å². The largest absolute Gasteiger partial charge is 0.707 e. The Kier molecular flexibility index (Phi) is 8.47. The lowest BCUT2D eigenvalue weighted by atomic mass is 9.87. The lowest BCUT2D eigenvalue weighted by Gasteiger charge is -2.18. The Morgan fingerprint density at radius 3 is 1.19 bits per heavy atom. The van der Waals surface area contributed by atoms with Crippen LogP contribution in [0.4, 0.5) is 0 Å². The van der Waals surface area contributed by atoms with Crippen molar-refractivity contribution in [2.24, 2.45) is 0 Å². The van der Waals surface area contributed by atoms with Gasteiger partial charge in [0.1, 0.15) is 0 Å². The molecule has 0 saturated heterocycles. The van der Waals surface area contributed by atoms with Gasteiger partial charge in [0.2, 0.25) is 0 Å². The van der Waals surface area contributed by atoms with Gasteiger partial charge >= 0.3 is 21.2 Å². The molecule has 2 aromatic rings. The van der Waals surface area contributed by atoms with Gasteiger partial charge in [-0.1, -0.05) is 65.8 Å². The third kappa shape index (κ3) is 9.19. The third-order valence-corrected chi connectivity index (χ3v) is 6.69. The maximum absolute atomic E-state index is 9.47. The molecule has 0 amide bonds. The van der Waals surface area contributed by atoms with Gasteiger partial charge in [0.15, 0.2) is 7.14 Å². The van der Waals surface area contributed by atoms with Crippen molar-refractivity contribution < 1.29 is 39.2 Å². The minimum absolute atomic E-state index is 0.0703. The number of halogens is 1. The molecule has 2 aromatic carbocycles. The van der Waals surface area contributed by atoms with E-state index in [1.165, 1.54) is 18.3 Å². The van der Waals surface area contributed by atoms with Gasteiger partial charge in [-0.3, -0.25) is 0 Å². The van der Waals surface area contributed by atoms with Crippen LogP contribution in [0.2, 0.25) is 0 Å². The predicted molar refractivity (Wildman–Crippen MR) is 104 cm³/mol. The molecule has 0 aliphatic rings. The highest BCUT2D eigenvalue weighted by Crippen LogP contribution is 2.21. The van der Waals surface area contributed by atoms with Crippen molar-refractivity contribution in [3.05, 3.63) is 66.8 Å². The Morgan fingerprint density at radius 2 is 1.00 bits per heavy atom. The Labute approximate surface area is 174 Å². The molecule has 0 N–H and O–H groups in total. The van der Waals surface area contributed by atoms with E-state index in [4.69, 9.17) is 5.26 Å². The molecule has 0 aromatic heterocycles. The molecule has 0 aliphatic carbocycles. The van der Waals surface area contributed by atoms with Crippen LogP contribution >= 0.6 is 0 Å². The summed E-state index contributed by atoms with van der Waals surface area (Å²) in [5, 5.41) is 8.86. The molecule has 0 bridgehead atoms. The lowest BCUT2D eigenvalue weighted by Crippen LogP contribution is -3.61. The number of hydrogen-bond acceptors (Lipinski definition) is 4. The minimum atomic E-state index is -3.72. The molecule has 0 heterocycles. The van der Waals surface area contributed by atoms with Crippen LogP contribution in [0.25, 0.3) is 0 Å². The van der Waals surface area contributed by atoms with E-state index in [0.717, 1.165) is 0 Å². The molecule has 0 spiro atoms. The highest BCUT2D eigenvalue weighted by Gasteiger charge is 2.20. The zero-order valence-corrected chi connectivity index (χ0v) is 20.0. The Bertz CT molecular complexity index is 757. The van der Waals surface area contributed by atoms with Crippen molar-refractivity contribution in [1.29, 1.82) is 0 Å². The average molecular weight is 504 g/mol. The van der Waals surface area contributed by atoms with Gasteiger partial charge in [-0.25, -0.2) is 8.42 Å². The molecule has 0 aliphatic heterocycles. The van der Waals surface area contributed by atoms with E-state index in [9.17, 15) is 8.42 Å². The fourth-order valence-corrected chi connectivity index (χ4v) is 4.31. The summed E-state index contributed by atoms with van der Waals surface area (Å²) in [4.78, 5) is 0. The van der Waals surface area contributed by atoms with Crippen molar-refractivity contribution in [1.82, 2.24) is 0 Å². The standard InChI is InChI=1S/C20H26I.CH4O4S/c1-19(2,3)15-7-11-17(12-8-15)21-18-13-9-16(10-14-18)20(4,5)6;1-6(3,4)5-2/h7-14H,1-6H3;2H,1H3/q+1;/p-1. The highest BCUT2D eigenvalue weighted by molar-refractivity contribution is 7.85. The molecule has 0 fully saturated rings. The third-order valence-electron chi connectivity index (χ3n) is 3.76. The van der Waals surface area contributed by atoms with Gasteiger partial charge in [-0.2, -0.15) is 0 Å². The Balaban J connectivity index is 0.000000527. The first-order valence-corrected chi connectivity index (χ1v) is 12.6. The number of benzene rings is 2. The fourth-order valence-electron chi connectivity index (χ4n) is 2.15. The molecule has 150 valence electrons. The maximum atomic E-state index is 9.47. The van der Waals surface area contributed by atoms with Crippen LogP contribution in [0, 0.1) is 7.14 Å². The SMILES string of the molecule is CC(C)(C)c1ccc([I+]c2ccc(C(C)(C)C)cc2)cc1.CS(=O)(=O)O[O-]. The molecular formula is C21H29IO4S. The van der Waals surface area contributed by atoms with Crippen molar-refractivity contribution >= 4 is 10.1 Å². The normalized spacial score (nSPS) is 12.3. The second-order valence-corrected chi connectivity index (χ2v) is 13.0. The first-order chi connectivity index (χ1) is 12.2. The monoisotopic (exact) mass is 504 g/mol. The molecule has 0 radical (unpaired) electrons. The van der Waals surface area contributed by atoms with Crippen LogP contribution in [0.3, 0.4) is 0 Å². The summed E-state index contributed by atoms with van der Waals surface area (Å²) in [6.07, 6.45) is 0.681. The first-order valence-electron chi connectivity index (χ1n) is 8.60. The summed E-state index contributed by atoms with van der Waals surface area (Å²) in [6.45, 7) is 13.6. The van der Waals surface area contributed by atoms with Crippen molar-refractivity contribution in [2.75, 3.05) is 6.26 Å². The minimum Gasteiger partial charge on any atom is -0.707 e. The smallest absolute Gasteiger partial charge is 0.357 e. The zero-order chi connectivity index (χ0) is 20.9. The van der Waals surface area contributed by atoms with E-state index < -0.39 is 10.1 Å². The predicted octanol–water partition coefficient (Wildman–Crippen LogP) is 0.648. The fraction of sp³-hybridized carbons (Fsp3) is 0.429. The van der Waals surface area contributed by atoms with E-state index in [2.05, 4.69) is 94.4 Å². The van der Waals surface area contributed by atoms with Crippen LogP contribution < -0.4 is 26.5 Å². The van der Waals surface area contributed by atoms with E-state index in [-0.39, 0.29) is 32.0 Å². The van der Waals surface area contributed by atoms with Crippen LogP contribution in [0.5, 0.6) is 0 Å². The second kappa shape index (κ2) is 9.49. The van der Waals surface area contributed by atoms with Crippen LogP contribution in [0.15, 0.2) is 48.5 Å². The summed E-state index contributed by atoms with van der Waals surface area (Å²) < 4.78 is 24.6. The van der Waals surface area contributed by atoms with E-state index in [1.807, 2.05) is 0 Å². The van der Waals surface area contributed by atoms with Gasteiger partial charge in [-0.15, -0.1) is 0 Å². The number of rotatable bonds is 3. The lowest BCUT2D eigenvalue weighted by molar-refractivity contribution is -0.634.